The van der Waals surface area contributed by atoms with Gasteiger partial charge >= 0.3 is 5.97 Å². The maximum atomic E-state index is 11.3. The Morgan fingerprint density at radius 1 is 1.62 bits per heavy atom. The number of piperidine rings is 2. The Labute approximate surface area is 78.8 Å². The molecule has 2 aliphatic heterocycles. The van der Waals surface area contributed by atoms with Gasteiger partial charge in [-0.2, -0.15) is 0 Å². The number of carbonyl (C=O) groups excluding carboxylic acids is 1. The summed E-state index contributed by atoms with van der Waals surface area (Å²) in [4.78, 5) is 11.3. The van der Waals surface area contributed by atoms with Crippen LogP contribution in [0.5, 0.6) is 0 Å². The van der Waals surface area contributed by atoms with E-state index in [-0.39, 0.29) is 11.5 Å². The number of carbonyl (C=O) groups is 1. The van der Waals surface area contributed by atoms with Crippen LogP contribution in [-0.4, -0.2) is 24.7 Å². The van der Waals surface area contributed by atoms with Crippen molar-refractivity contribution in [3.63, 3.8) is 0 Å². The average Bonchev–Trinajstić information content (AvgIpc) is 2.03. The summed E-state index contributed by atoms with van der Waals surface area (Å²) in [6.07, 6.45) is 4.19. The van der Waals surface area contributed by atoms with E-state index in [4.69, 9.17) is 4.74 Å². The number of fused-ring (bicyclic) bond motifs is 2. The van der Waals surface area contributed by atoms with E-state index in [1.807, 2.05) is 6.92 Å². The standard InChI is InChI=1S/C10H17NO2/c1-2-13-9(12)7-10-5-8(6-10)3-4-11-10/h8,11H,2-7H2,1H3. The first-order chi connectivity index (χ1) is 6.24. The van der Waals surface area contributed by atoms with E-state index in [9.17, 15) is 4.79 Å². The molecule has 2 heterocycles. The van der Waals surface area contributed by atoms with Gasteiger partial charge in [0.1, 0.15) is 0 Å². The Bertz CT molecular complexity index is 203. The maximum Gasteiger partial charge on any atom is 0.307 e. The van der Waals surface area contributed by atoms with Gasteiger partial charge in [-0.05, 0) is 38.6 Å². The van der Waals surface area contributed by atoms with Gasteiger partial charge in [0, 0.05) is 5.54 Å². The second-order valence-electron chi connectivity index (χ2n) is 4.25. The first kappa shape index (κ1) is 9.00. The summed E-state index contributed by atoms with van der Waals surface area (Å²) < 4.78 is 4.96. The van der Waals surface area contributed by atoms with Gasteiger partial charge in [-0.3, -0.25) is 4.79 Å². The molecule has 3 aliphatic rings. The normalized spacial score (nSPS) is 36.5. The fourth-order valence-corrected chi connectivity index (χ4v) is 2.63. The summed E-state index contributed by atoms with van der Waals surface area (Å²) in [5.74, 6) is 0.825. The van der Waals surface area contributed by atoms with Gasteiger partial charge in [0.2, 0.25) is 0 Å². The molecule has 1 N–H and O–H groups in total. The van der Waals surface area contributed by atoms with Crippen LogP contribution in [0.1, 0.15) is 32.6 Å². The lowest BCUT2D eigenvalue weighted by atomic mass is 9.62. The van der Waals surface area contributed by atoms with Crippen molar-refractivity contribution in [1.82, 2.24) is 5.32 Å². The second-order valence-corrected chi connectivity index (χ2v) is 4.25. The van der Waals surface area contributed by atoms with Crippen LogP contribution in [0.25, 0.3) is 0 Å². The first-order valence-electron chi connectivity index (χ1n) is 5.15. The third-order valence-corrected chi connectivity index (χ3v) is 3.20. The SMILES string of the molecule is CCOC(=O)CC12CC(CCN1)C2. The van der Waals surface area contributed by atoms with Crippen LogP contribution >= 0.6 is 0 Å². The van der Waals surface area contributed by atoms with Crippen molar-refractivity contribution >= 4 is 5.97 Å². The first-order valence-corrected chi connectivity index (χ1v) is 5.15. The fourth-order valence-electron chi connectivity index (χ4n) is 2.63. The topological polar surface area (TPSA) is 38.3 Å². The van der Waals surface area contributed by atoms with Gasteiger partial charge in [-0.1, -0.05) is 0 Å². The molecule has 0 spiro atoms. The van der Waals surface area contributed by atoms with E-state index in [2.05, 4.69) is 5.32 Å². The van der Waals surface area contributed by atoms with Crippen molar-refractivity contribution in [2.24, 2.45) is 5.92 Å². The molecule has 0 aromatic carbocycles. The summed E-state index contributed by atoms with van der Waals surface area (Å²) in [7, 11) is 0. The molecule has 3 heteroatoms. The van der Waals surface area contributed by atoms with Crippen LogP contribution < -0.4 is 5.32 Å². The molecule has 3 fully saturated rings. The number of rotatable bonds is 3. The zero-order valence-corrected chi connectivity index (χ0v) is 8.14. The molecule has 0 atom stereocenters. The van der Waals surface area contributed by atoms with Gasteiger partial charge in [-0.15, -0.1) is 0 Å². The minimum absolute atomic E-state index is 0.0460. The molecule has 0 radical (unpaired) electrons. The van der Waals surface area contributed by atoms with Crippen LogP contribution in [0.3, 0.4) is 0 Å². The molecule has 13 heavy (non-hydrogen) atoms. The molecule has 3 rings (SSSR count). The molecule has 1 aliphatic carbocycles. The molecule has 0 aromatic heterocycles. The molecule has 0 unspecified atom stereocenters. The van der Waals surface area contributed by atoms with Gasteiger partial charge in [0.25, 0.3) is 0 Å². The zero-order chi connectivity index (χ0) is 9.31. The van der Waals surface area contributed by atoms with Crippen molar-refractivity contribution in [3.05, 3.63) is 0 Å². The minimum Gasteiger partial charge on any atom is -0.466 e. The third kappa shape index (κ3) is 1.70. The van der Waals surface area contributed by atoms with E-state index in [0.717, 1.165) is 12.5 Å². The minimum atomic E-state index is -0.0460. The van der Waals surface area contributed by atoms with Crippen molar-refractivity contribution in [2.45, 2.75) is 38.1 Å². The molecule has 0 aromatic rings. The number of nitrogens with one attached hydrogen (secondary N) is 1. The number of ether oxygens (including phenoxy) is 1. The molecule has 2 bridgehead atoms. The van der Waals surface area contributed by atoms with Crippen LogP contribution in [0.15, 0.2) is 0 Å². The Hall–Kier alpha value is -0.570. The highest BCUT2D eigenvalue weighted by Gasteiger charge is 2.48. The van der Waals surface area contributed by atoms with Crippen molar-refractivity contribution < 1.29 is 9.53 Å². The van der Waals surface area contributed by atoms with Gasteiger partial charge < -0.3 is 10.1 Å². The Morgan fingerprint density at radius 2 is 2.38 bits per heavy atom. The molecule has 3 nitrogen and oxygen atoms in total. The molecule has 74 valence electrons. The van der Waals surface area contributed by atoms with Gasteiger partial charge in [0.15, 0.2) is 0 Å². The lowest BCUT2D eigenvalue weighted by molar-refractivity contribution is -0.147. The van der Waals surface area contributed by atoms with Crippen LogP contribution in [0, 0.1) is 5.92 Å². The molecular formula is C10H17NO2. The molecule has 0 amide bonds. The van der Waals surface area contributed by atoms with Crippen LogP contribution in [0.2, 0.25) is 0 Å². The lowest BCUT2D eigenvalue weighted by Crippen LogP contribution is -2.61. The Balaban J connectivity index is 1.84. The number of hydrogen-bond donors (Lipinski definition) is 1. The number of esters is 1. The zero-order valence-electron chi connectivity index (χ0n) is 8.14. The smallest absolute Gasteiger partial charge is 0.307 e. The Kier molecular flexibility index (Phi) is 2.28. The third-order valence-electron chi connectivity index (χ3n) is 3.20. The fraction of sp³-hybridized carbons (Fsp3) is 0.900. The number of hydrogen-bond acceptors (Lipinski definition) is 3. The second kappa shape index (κ2) is 3.29. The summed E-state index contributed by atoms with van der Waals surface area (Å²) in [5, 5.41) is 3.45. The molecular weight excluding hydrogens is 166 g/mol. The van der Waals surface area contributed by atoms with Crippen LogP contribution in [0.4, 0.5) is 0 Å². The highest BCUT2D eigenvalue weighted by molar-refractivity contribution is 5.71. The van der Waals surface area contributed by atoms with E-state index in [1.54, 1.807) is 0 Å². The van der Waals surface area contributed by atoms with Gasteiger partial charge in [0.05, 0.1) is 13.0 Å². The van der Waals surface area contributed by atoms with Crippen molar-refractivity contribution in [2.75, 3.05) is 13.2 Å². The summed E-state index contributed by atoms with van der Waals surface area (Å²) in [6, 6.07) is 0. The predicted octanol–water partition coefficient (Wildman–Crippen LogP) is 1.08. The average molecular weight is 183 g/mol. The quantitative estimate of drug-likeness (QED) is 0.665. The largest absolute Gasteiger partial charge is 0.466 e. The highest BCUT2D eigenvalue weighted by atomic mass is 16.5. The maximum absolute atomic E-state index is 11.3. The predicted molar refractivity (Wildman–Crippen MR) is 49.3 cm³/mol. The molecule has 1 saturated carbocycles. The van der Waals surface area contributed by atoms with E-state index in [1.165, 1.54) is 19.3 Å². The summed E-state index contributed by atoms with van der Waals surface area (Å²) >= 11 is 0. The van der Waals surface area contributed by atoms with E-state index in [0.29, 0.717) is 13.0 Å². The van der Waals surface area contributed by atoms with Crippen LogP contribution in [-0.2, 0) is 9.53 Å². The molecule has 2 saturated heterocycles. The van der Waals surface area contributed by atoms with Crippen molar-refractivity contribution in [3.8, 4) is 0 Å². The summed E-state index contributed by atoms with van der Waals surface area (Å²) in [5.41, 5.74) is 0.120. The Morgan fingerprint density at radius 3 is 2.92 bits per heavy atom. The van der Waals surface area contributed by atoms with E-state index < -0.39 is 0 Å². The highest BCUT2D eigenvalue weighted by Crippen LogP contribution is 2.45. The van der Waals surface area contributed by atoms with E-state index >= 15 is 0 Å². The summed E-state index contributed by atoms with van der Waals surface area (Å²) in [6.45, 7) is 3.43. The lowest BCUT2D eigenvalue weighted by Gasteiger charge is -2.52. The van der Waals surface area contributed by atoms with Crippen molar-refractivity contribution in [1.29, 1.82) is 0 Å². The van der Waals surface area contributed by atoms with Gasteiger partial charge in [-0.25, -0.2) is 0 Å². The monoisotopic (exact) mass is 183 g/mol.